The molecule has 2 atom stereocenters. The predicted octanol–water partition coefficient (Wildman–Crippen LogP) is 3.82. The minimum Gasteiger partial charge on any atom is -0.461 e. The Morgan fingerprint density at radius 2 is 1.70 bits per heavy atom. The van der Waals surface area contributed by atoms with Gasteiger partial charge in [-0.25, -0.2) is 0 Å². The Bertz CT molecular complexity index is 761. The number of hydrogen-bond donors (Lipinski definition) is 1. The molecule has 0 unspecified atom stereocenters. The maximum atomic E-state index is 12.8. The summed E-state index contributed by atoms with van der Waals surface area (Å²) in [6, 6.07) is 11.7. The number of furan rings is 1. The van der Waals surface area contributed by atoms with Crippen LogP contribution in [-0.2, 0) is 9.47 Å². The molecule has 1 amide bonds. The second-order valence-electron chi connectivity index (χ2n) is 7.54. The number of amides is 1. The van der Waals surface area contributed by atoms with Gasteiger partial charge in [0.1, 0.15) is 11.5 Å². The molecule has 0 aliphatic carbocycles. The van der Waals surface area contributed by atoms with E-state index in [-0.39, 0.29) is 11.9 Å². The van der Waals surface area contributed by atoms with E-state index in [1.165, 1.54) is 0 Å². The van der Waals surface area contributed by atoms with Gasteiger partial charge in [0.05, 0.1) is 6.61 Å². The number of ether oxygens (including phenoxy) is 2. The number of aryl methyl sites for hydroxylation is 1. The van der Waals surface area contributed by atoms with Gasteiger partial charge in [0.2, 0.25) is 0 Å². The maximum absolute atomic E-state index is 12.8. The number of rotatable bonds is 4. The molecule has 2 fully saturated rings. The Labute approximate surface area is 160 Å². The van der Waals surface area contributed by atoms with E-state index in [1.54, 1.807) is 0 Å². The highest BCUT2D eigenvalue weighted by Gasteiger charge is 2.34. The van der Waals surface area contributed by atoms with Gasteiger partial charge in [-0.1, -0.05) is 12.1 Å². The van der Waals surface area contributed by atoms with E-state index < -0.39 is 0 Å². The number of carbonyl (C=O) groups is 1. The molecule has 2 aliphatic rings. The van der Waals surface area contributed by atoms with Crippen molar-refractivity contribution in [2.24, 2.45) is 11.8 Å². The van der Waals surface area contributed by atoms with Gasteiger partial charge in [0.15, 0.2) is 0 Å². The Morgan fingerprint density at radius 3 is 2.41 bits per heavy atom. The molecule has 5 nitrogen and oxygen atoms in total. The molecule has 5 heteroatoms. The van der Waals surface area contributed by atoms with Gasteiger partial charge in [-0.3, -0.25) is 4.79 Å². The lowest BCUT2D eigenvalue weighted by atomic mass is 9.79. The van der Waals surface area contributed by atoms with Crippen LogP contribution in [0.15, 0.2) is 40.8 Å². The highest BCUT2D eigenvalue weighted by Crippen LogP contribution is 2.30. The van der Waals surface area contributed by atoms with E-state index in [9.17, 15) is 4.79 Å². The van der Waals surface area contributed by atoms with E-state index in [1.807, 2.05) is 43.3 Å². The molecule has 0 saturated carbocycles. The topological polar surface area (TPSA) is 60.7 Å². The zero-order chi connectivity index (χ0) is 18.6. The van der Waals surface area contributed by atoms with Crippen molar-refractivity contribution in [2.75, 3.05) is 26.4 Å². The van der Waals surface area contributed by atoms with Gasteiger partial charge >= 0.3 is 0 Å². The van der Waals surface area contributed by atoms with Gasteiger partial charge in [-0.05, 0) is 56.4 Å². The van der Waals surface area contributed by atoms with Crippen LogP contribution in [-0.4, -0.2) is 38.4 Å². The van der Waals surface area contributed by atoms with E-state index in [0.29, 0.717) is 24.0 Å². The van der Waals surface area contributed by atoms with Gasteiger partial charge in [0, 0.05) is 42.9 Å². The van der Waals surface area contributed by atoms with Crippen LogP contribution in [0.2, 0.25) is 0 Å². The highest BCUT2D eigenvalue weighted by molar-refractivity contribution is 5.94. The first-order chi connectivity index (χ1) is 13.2. The third kappa shape index (κ3) is 4.25. The molecule has 1 N–H and O–H groups in total. The Hall–Kier alpha value is -2.11. The minimum atomic E-state index is -0.0128. The fraction of sp³-hybridized carbons (Fsp3) is 0.500. The molecule has 0 radical (unpaired) electrons. The second kappa shape index (κ2) is 8.28. The first-order valence-electron chi connectivity index (χ1n) is 9.84. The molecule has 2 aliphatic heterocycles. The molecule has 0 spiro atoms. The molecule has 3 heterocycles. The van der Waals surface area contributed by atoms with Gasteiger partial charge in [0.25, 0.3) is 5.91 Å². The molecule has 2 saturated heterocycles. The number of nitrogens with one attached hydrogen (secondary N) is 1. The summed E-state index contributed by atoms with van der Waals surface area (Å²) in [7, 11) is 0. The van der Waals surface area contributed by atoms with Crippen LogP contribution in [0.3, 0.4) is 0 Å². The third-order valence-electron chi connectivity index (χ3n) is 5.76. The summed E-state index contributed by atoms with van der Waals surface area (Å²) < 4.78 is 16.9. The summed E-state index contributed by atoms with van der Waals surface area (Å²) >= 11 is 0. The van der Waals surface area contributed by atoms with Gasteiger partial charge in [-0.15, -0.1) is 0 Å². The standard InChI is InChI=1S/C22H27NO4/c1-15-2-7-21(27-15)17-3-5-18(6-4-17)22(24)23-20-10-13-26-14-19(20)16-8-11-25-12-9-16/h2-7,16,19-20H,8-14H2,1H3,(H,23,24)/t19-,20-/m0/s1. The number of benzene rings is 1. The largest absolute Gasteiger partial charge is 0.461 e. The van der Waals surface area contributed by atoms with Crippen molar-refractivity contribution in [2.45, 2.75) is 32.2 Å². The van der Waals surface area contributed by atoms with Crippen LogP contribution < -0.4 is 5.32 Å². The lowest BCUT2D eigenvalue weighted by Crippen LogP contribution is -2.49. The quantitative estimate of drug-likeness (QED) is 0.890. The van der Waals surface area contributed by atoms with Crippen molar-refractivity contribution in [3.8, 4) is 11.3 Å². The van der Waals surface area contributed by atoms with Crippen LogP contribution in [0.5, 0.6) is 0 Å². The fourth-order valence-electron chi connectivity index (χ4n) is 4.17. The van der Waals surface area contributed by atoms with Crippen LogP contribution in [0, 0.1) is 18.8 Å². The van der Waals surface area contributed by atoms with Crippen molar-refractivity contribution in [1.29, 1.82) is 0 Å². The zero-order valence-corrected chi connectivity index (χ0v) is 15.8. The van der Waals surface area contributed by atoms with Crippen molar-refractivity contribution >= 4 is 5.91 Å². The molecule has 144 valence electrons. The summed E-state index contributed by atoms with van der Waals surface area (Å²) in [5.74, 6) is 2.63. The van der Waals surface area contributed by atoms with Crippen LogP contribution in [0.4, 0.5) is 0 Å². The molecule has 1 aromatic carbocycles. The smallest absolute Gasteiger partial charge is 0.251 e. The third-order valence-corrected chi connectivity index (χ3v) is 5.76. The molecule has 0 bridgehead atoms. The summed E-state index contributed by atoms with van der Waals surface area (Å²) in [5.41, 5.74) is 1.66. The Morgan fingerprint density at radius 1 is 0.963 bits per heavy atom. The van der Waals surface area contributed by atoms with Crippen LogP contribution in [0.25, 0.3) is 11.3 Å². The molecule has 2 aromatic rings. The number of carbonyl (C=O) groups excluding carboxylic acids is 1. The minimum absolute atomic E-state index is 0.0128. The Kier molecular flexibility index (Phi) is 5.60. The summed E-state index contributed by atoms with van der Waals surface area (Å²) in [6.07, 6.45) is 2.98. The van der Waals surface area contributed by atoms with Crippen LogP contribution >= 0.6 is 0 Å². The molecular formula is C22H27NO4. The average Bonchev–Trinajstić information content (AvgIpc) is 3.15. The van der Waals surface area contributed by atoms with Crippen molar-refractivity contribution in [3.63, 3.8) is 0 Å². The average molecular weight is 369 g/mol. The summed E-state index contributed by atoms with van der Waals surface area (Å²) in [4.78, 5) is 12.8. The first kappa shape index (κ1) is 18.3. The monoisotopic (exact) mass is 369 g/mol. The second-order valence-corrected chi connectivity index (χ2v) is 7.54. The SMILES string of the molecule is Cc1ccc(-c2ccc(C(=O)N[C@H]3CCOC[C@H]3C3CCOCC3)cc2)o1. The highest BCUT2D eigenvalue weighted by atomic mass is 16.5. The van der Waals surface area contributed by atoms with E-state index in [0.717, 1.165) is 56.2 Å². The van der Waals surface area contributed by atoms with Gasteiger partial charge in [-0.2, -0.15) is 0 Å². The zero-order valence-electron chi connectivity index (χ0n) is 15.8. The van der Waals surface area contributed by atoms with Gasteiger partial charge < -0.3 is 19.2 Å². The normalized spacial score (nSPS) is 23.9. The molecule has 1 aromatic heterocycles. The Balaban J connectivity index is 1.42. The maximum Gasteiger partial charge on any atom is 0.251 e. The molecule has 4 rings (SSSR count). The van der Waals surface area contributed by atoms with E-state index >= 15 is 0 Å². The summed E-state index contributed by atoms with van der Waals surface area (Å²) in [5, 5.41) is 3.26. The lowest BCUT2D eigenvalue weighted by Gasteiger charge is -2.39. The van der Waals surface area contributed by atoms with Crippen molar-refractivity contribution in [3.05, 3.63) is 47.7 Å². The molecule has 27 heavy (non-hydrogen) atoms. The molecular weight excluding hydrogens is 342 g/mol. The van der Waals surface area contributed by atoms with E-state index in [4.69, 9.17) is 13.9 Å². The first-order valence-corrected chi connectivity index (χ1v) is 9.84. The van der Waals surface area contributed by atoms with Crippen molar-refractivity contribution in [1.82, 2.24) is 5.32 Å². The van der Waals surface area contributed by atoms with Crippen molar-refractivity contribution < 1.29 is 18.7 Å². The van der Waals surface area contributed by atoms with Crippen LogP contribution in [0.1, 0.15) is 35.4 Å². The number of hydrogen-bond acceptors (Lipinski definition) is 4. The predicted molar refractivity (Wildman–Crippen MR) is 103 cm³/mol. The fourth-order valence-corrected chi connectivity index (χ4v) is 4.17. The summed E-state index contributed by atoms with van der Waals surface area (Å²) in [6.45, 7) is 4.99. The van der Waals surface area contributed by atoms with E-state index in [2.05, 4.69) is 5.32 Å². The lowest BCUT2D eigenvalue weighted by molar-refractivity contribution is -0.0259.